The summed E-state index contributed by atoms with van der Waals surface area (Å²) in [4.78, 5) is 0. The molecule has 3 rings (SSSR count). The van der Waals surface area contributed by atoms with E-state index in [-0.39, 0.29) is 5.54 Å². The van der Waals surface area contributed by atoms with Crippen molar-refractivity contribution in [3.63, 3.8) is 0 Å². The molecule has 0 aromatic heterocycles. The van der Waals surface area contributed by atoms with Crippen LogP contribution in [-0.4, -0.2) is 6.54 Å². The molecule has 1 fully saturated rings. The summed E-state index contributed by atoms with van der Waals surface area (Å²) in [7, 11) is 0. The largest absolute Gasteiger partial charge is 0.307 e. The van der Waals surface area contributed by atoms with Crippen molar-refractivity contribution in [2.24, 2.45) is 5.41 Å². The molecule has 0 amide bonds. The Labute approximate surface area is 91.9 Å². The van der Waals surface area contributed by atoms with Gasteiger partial charge in [0.05, 0.1) is 0 Å². The fourth-order valence-electron chi connectivity index (χ4n) is 3.55. The van der Waals surface area contributed by atoms with E-state index in [1.807, 2.05) is 0 Å². The predicted octanol–water partition coefficient (Wildman–Crippen LogP) is 2.85. The SMILES string of the molecule is C[C@]12CCCN[C@]1(C)c1ccccc1C2. The molecule has 1 N–H and O–H groups in total. The molecule has 1 heterocycles. The molecule has 1 nitrogen and oxygen atoms in total. The van der Waals surface area contributed by atoms with E-state index in [2.05, 4.69) is 43.4 Å². The molecule has 0 radical (unpaired) electrons. The topological polar surface area (TPSA) is 12.0 Å². The maximum absolute atomic E-state index is 3.75. The minimum absolute atomic E-state index is 0.210. The van der Waals surface area contributed by atoms with Crippen LogP contribution in [0.3, 0.4) is 0 Å². The van der Waals surface area contributed by atoms with Crippen LogP contribution in [0.5, 0.6) is 0 Å². The molecule has 2 aliphatic rings. The number of fused-ring (bicyclic) bond motifs is 3. The molecule has 0 bridgehead atoms. The van der Waals surface area contributed by atoms with Crippen molar-refractivity contribution in [3.8, 4) is 0 Å². The summed E-state index contributed by atoms with van der Waals surface area (Å²) in [5.41, 5.74) is 3.72. The van der Waals surface area contributed by atoms with E-state index in [4.69, 9.17) is 0 Å². The van der Waals surface area contributed by atoms with E-state index in [1.165, 1.54) is 31.4 Å². The first-order valence-corrected chi connectivity index (χ1v) is 5.99. The Morgan fingerprint density at radius 1 is 1.20 bits per heavy atom. The molecular weight excluding hydrogens is 182 g/mol. The third-order valence-electron chi connectivity index (χ3n) is 4.73. The van der Waals surface area contributed by atoms with Gasteiger partial charge in [0, 0.05) is 5.54 Å². The van der Waals surface area contributed by atoms with Crippen LogP contribution >= 0.6 is 0 Å². The Balaban J connectivity index is 2.17. The second-order valence-corrected chi connectivity index (χ2v) is 5.55. The van der Waals surface area contributed by atoms with Crippen LogP contribution < -0.4 is 5.32 Å². The van der Waals surface area contributed by atoms with Gasteiger partial charge < -0.3 is 5.32 Å². The second-order valence-electron chi connectivity index (χ2n) is 5.55. The highest BCUT2D eigenvalue weighted by Crippen LogP contribution is 2.53. The Morgan fingerprint density at radius 3 is 2.87 bits per heavy atom. The molecule has 1 aromatic rings. The van der Waals surface area contributed by atoms with Crippen molar-refractivity contribution in [2.45, 2.75) is 38.6 Å². The average molecular weight is 201 g/mol. The van der Waals surface area contributed by atoms with Gasteiger partial charge in [0.1, 0.15) is 0 Å². The van der Waals surface area contributed by atoms with Gasteiger partial charge in [0.2, 0.25) is 0 Å². The highest BCUT2D eigenvalue weighted by molar-refractivity contribution is 5.42. The van der Waals surface area contributed by atoms with Gasteiger partial charge in [-0.05, 0) is 49.3 Å². The van der Waals surface area contributed by atoms with Crippen LogP contribution in [-0.2, 0) is 12.0 Å². The molecule has 80 valence electrons. The van der Waals surface area contributed by atoms with Crippen LogP contribution in [0.25, 0.3) is 0 Å². The second kappa shape index (κ2) is 2.85. The number of rotatable bonds is 0. The average Bonchev–Trinajstić information content (AvgIpc) is 2.47. The molecule has 1 heteroatoms. The lowest BCUT2D eigenvalue weighted by molar-refractivity contribution is 0.0887. The highest BCUT2D eigenvalue weighted by atomic mass is 15.0. The third kappa shape index (κ3) is 1.07. The summed E-state index contributed by atoms with van der Waals surface area (Å²) in [6.45, 7) is 6.00. The molecule has 2 atom stereocenters. The Hall–Kier alpha value is -0.820. The summed E-state index contributed by atoms with van der Waals surface area (Å²) in [6, 6.07) is 8.94. The first-order chi connectivity index (χ1) is 7.16. The molecule has 1 aliphatic heterocycles. The fourth-order valence-corrected chi connectivity index (χ4v) is 3.55. The van der Waals surface area contributed by atoms with E-state index in [0.29, 0.717) is 5.41 Å². The highest BCUT2D eigenvalue weighted by Gasteiger charge is 2.52. The number of hydrogen-bond acceptors (Lipinski definition) is 1. The summed E-state index contributed by atoms with van der Waals surface area (Å²) < 4.78 is 0. The van der Waals surface area contributed by atoms with Gasteiger partial charge in [-0.25, -0.2) is 0 Å². The van der Waals surface area contributed by atoms with E-state index in [9.17, 15) is 0 Å². The first-order valence-electron chi connectivity index (χ1n) is 5.99. The van der Waals surface area contributed by atoms with Gasteiger partial charge in [-0.1, -0.05) is 31.2 Å². The van der Waals surface area contributed by atoms with Crippen molar-refractivity contribution in [1.82, 2.24) is 5.32 Å². The van der Waals surface area contributed by atoms with Crippen LogP contribution in [0.15, 0.2) is 24.3 Å². The zero-order valence-corrected chi connectivity index (χ0v) is 9.64. The molecular formula is C14H19N. The van der Waals surface area contributed by atoms with Crippen molar-refractivity contribution in [1.29, 1.82) is 0 Å². The van der Waals surface area contributed by atoms with Gasteiger partial charge in [0.25, 0.3) is 0 Å². The zero-order chi connectivity index (χ0) is 10.5. The van der Waals surface area contributed by atoms with Gasteiger partial charge in [0.15, 0.2) is 0 Å². The standard InChI is InChI=1S/C14H19N/c1-13-8-5-9-15-14(13,2)12-7-4-3-6-11(12)10-13/h3-4,6-7,15H,5,8-10H2,1-2H3/t13-,14-/m1/s1. The van der Waals surface area contributed by atoms with Crippen LogP contribution in [0.2, 0.25) is 0 Å². The van der Waals surface area contributed by atoms with Gasteiger partial charge >= 0.3 is 0 Å². The molecule has 0 unspecified atom stereocenters. The van der Waals surface area contributed by atoms with Crippen LogP contribution in [0.1, 0.15) is 37.8 Å². The van der Waals surface area contributed by atoms with Gasteiger partial charge in [-0.15, -0.1) is 0 Å². The molecule has 0 saturated carbocycles. The number of benzene rings is 1. The van der Waals surface area contributed by atoms with Gasteiger partial charge in [-0.2, -0.15) is 0 Å². The molecule has 0 spiro atoms. The predicted molar refractivity (Wildman–Crippen MR) is 62.8 cm³/mol. The van der Waals surface area contributed by atoms with Crippen molar-refractivity contribution in [3.05, 3.63) is 35.4 Å². The lowest BCUT2D eigenvalue weighted by Crippen LogP contribution is -2.53. The normalized spacial score (nSPS) is 38.5. The fraction of sp³-hybridized carbons (Fsp3) is 0.571. The monoisotopic (exact) mass is 201 g/mol. The maximum atomic E-state index is 3.75. The first kappa shape index (κ1) is 9.41. The lowest BCUT2D eigenvalue weighted by atomic mass is 9.67. The van der Waals surface area contributed by atoms with Gasteiger partial charge in [-0.3, -0.25) is 0 Å². The van der Waals surface area contributed by atoms with E-state index in [0.717, 1.165) is 0 Å². The summed E-state index contributed by atoms with van der Waals surface area (Å²) >= 11 is 0. The zero-order valence-electron chi connectivity index (χ0n) is 9.64. The van der Waals surface area contributed by atoms with E-state index >= 15 is 0 Å². The summed E-state index contributed by atoms with van der Waals surface area (Å²) in [5.74, 6) is 0. The third-order valence-corrected chi connectivity index (χ3v) is 4.73. The van der Waals surface area contributed by atoms with Crippen molar-refractivity contribution >= 4 is 0 Å². The quantitative estimate of drug-likeness (QED) is 0.680. The smallest absolute Gasteiger partial charge is 0.0466 e. The van der Waals surface area contributed by atoms with Crippen molar-refractivity contribution in [2.75, 3.05) is 6.54 Å². The summed E-state index contributed by atoms with van der Waals surface area (Å²) in [6.07, 6.45) is 3.91. The molecule has 15 heavy (non-hydrogen) atoms. The number of hydrogen-bond donors (Lipinski definition) is 1. The number of piperidine rings is 1. The van der Waals surface area contributed by atoms with Crippen LogP contribution in [0, 0.1) is 5.41 Å². The Bertz CT molecular complexity index is 398. The van der Waals surface area contributed by atoms with Crippen molar-refractivity contribution < 1.29 is 0 Å². The minimum atomic E-state index is 0.210. The Morgan fingerprint density at radius 2 is 2.00 bits per heavy atom. The maximum Gasteiger partial charge on any atom is 0.0466 e. The number of nitrogens with one attached hydrogen (secondary N) is 1. The Kier molecular flexibility index (Phi) is 1.79. The molecule has 1 saturated heterocycles. The van der Waals surface area contributed by atoms with E-state index < -0.39 is 0 Å². The molecule has 1 aliphatic carbocycles. The minimum Gasteiger partial charge on any atom is -0.307 e. The lowest BCUT2D eigenvalue weighted by Gasteiger charge is -2.46. The summed E-state index contributed by atoms with van der Waals surface area (Å²) in [5, 5.41) is 3.75. The van der Waals surface area contributed by atoms with E-state index in [1.54, 1.807) is 5.56 Å². The van der Waals surface area contributed by atoms with Crippen LogP contribution in [0.4, 0.5) is 0 Å². The molecule has 1 aromatic carbocycles.